The smallest absolute Gasteiger partial charge is 0.0693 e. The van der Waals surface area contributed by atoms with Gasteiger partial charge in [0.25, 0.3) is 0 Å². The van der Waals surface area contributed by atoms with Gasteiger partial charge < -0.3 is 10.4 Å². The molecular weight excluding hydrogens is 162 g/mol. The van der Waals surface area contributed by atoms with Crippen molar-refractivity contribution in [3.63, 3.8) is 0 Å². The third-order valence-electron chi connectivity index (χ3n) is 3.66. The number of hydrogen-bond acceptors (Lipinski definition) is 2. The van der Waals surface area contributed by atoms with Gasteiger partial charge in [-0.25, -0.2) is 0 Å². The second kappa shape index (κ2) is 3.25. The number of aliphatic hydroxyl groups excluding tert-OH is 1. The van der Waals surface area contributed by atoms with Crippen LogP contribution in [0, 0.1) is 5.41 Å². The summed E-state index contributed by atoms with van der Waals surface area (Å²) in [5.74, 6) is 0. The number of aliphatic hydroxyl groups is 1. The number of nitrogens with one attached hydrogen (secondary N) is 1. The summed E-state index contributed by atoms with van der Waals surface area (Å²) in [6.45, 7) is 4.58. The van der Waals surface area contributed by atoms with Crippen molar-refractivity contribution in [3.05, 3.63) is 0 Å². The summed E-state index contributed by atoms with van der Waals surface area (Å²) in [4.78, 5) is 0. The maximum atomic E-state index is 9.75. The van der Waals surface area contributed by atoms with Crippen molar-refractivity contribution in [1.82, 2.24) is 5.32 Å². The molecule has 1 unspecified atom stereocenters. The Morgan fingerprint density at radius 1 is 1.23 bits per heavy atom. The standard InChI is InChI=1S/C11H21NO/c1-11(2)7-10(11)12-8-5-3-4-6-9(8)13/h8-10,12-13H,3-7H2,1-2H3/t8-,9-,10?/m0/s1. The first-order valence-corrected chi connectivity index (χ1v) is 5.54. The van der Waals surface area contributed by atoms with Crippen LogP contribution in [0.3, 0.4) is 0 Å². The Morgan fingerprint density at radius 2 is 1.85 bits per heavy atom. The van der Waals surface area contributed by atoms with E-state index in [4.69, 9.17) is 0 Å². The molecule has 76 valence electrons. The van der Waals surface area contributed by atoms with E-state index in [1.807, 2.05) is 0 Å². The van der Waals surface area contributed by atoms with E-state index in [1.54, 1.807) is 0 Å². The molecule has 2 aliphatic carbocycles. The zero-order chi connectivity index (χ0) is 9.47. The van der Waals surface area contributed by atoms with E-state index in [0.29, 0.717) is 17.5 Å². The van der Waals surface area contributed by atoms with Crippen LogP contribution in [-0.4, -0.2) is 23.3 Å². The fourth-order valence-corrected chi connectivity index (χ4v) is 2.32. The van der Waals surface area contributed by atoms with Crippen molar-refractivity contribution < 1.29 is 5.11 Å². The van der Waals surface area contributed by atoms with Crippen LogP contribution in [-0.2, 0) is 0 Å². The largest absolute Gasteiger partial charge is 0.392 e. The van der Waals surface area contributed by atoms with Gasteiger partial charge in [0.05, 0.1) is 6.10 Å². The molecule has 2 saturated carbocycles. The lowest BCUT2D eigenvalue weighted by Gasteiger charge is -2.29. The molecule has 0 bridgehead atoms. The van der Waals surface area contributed by atoms with E-state index < -0.39 is 0 Å². The van der Waals surface area contributed by atoms with Crippen molar-refractivity contribution in [2.24, 2.45) is 5.41 Å². The second-order valence-corrected chi connectivity index (χ2v) is 5.37. The van der Waals surface area contributed by atoms with Crippen LogP contribution in [0.1, 0.15) is 46.0 Å². The molecule has 0 heterocycles. The van der Waals surface area contributed by atoms with Gasteiger partial charge in [0, 0.05) is 12.1 Å². The maximum absolute atomic E-state index is 9.75. The monoisotopic (exact) mass is 183 g/mol. The van der Waals surface area contributed by atoms with Gasteiger partial charge in [-0.15, -0.1) is 0 Å². The highest BCUT2D eigenvalue weighted by Gasteiger charge is 2.46. The third kappa shape index (κ3) is 2.05. The molecule has 0 spiro atoms. The minimum atomic E-state index is -0.0925. The molecule has 0 aromatic heterocycles. The molecule has 2 rings (SSSR count). The van der Waals surface area contributed by atoms with Gasteiger partial charge >= 0.3 is 0 Å². The molecule has 3 atom stereocenters. The molecule has 2 heteroatoms. The number of rotatable bonds is 2. The van der Waals surface area contributed by atoms with Crippen LogP contribution >= 0.6 is 0 Å². The van der Waals surface area contributed by atoms with Gasteiger partial charge in [0.1, 0.15) is 0 Å². The van der Waals surface area contributed by atoms with Crippen molar-refractivity contribution in [2.45, 2.75) is 64.1 Å². The predicted molar refractivity (Wildman–Crippen MR) is 53.6 cm³/mol. The fraction of sp³-hybridized carbons (Fsp3) is 1.00. The fourth-order valence-electron chi connectivity index (χ4n) is 2.32. The lowest BCUT2D eigenvalue weighted by Crippen LogP contribution is -2.44. The van der Waals surface area contributed by atoms with Crippen molar-refractivity contribution in [3.8, 4) is 0 Å². The molecule has 0 radical (unpaired) electrons. The summed E-state index contributed by atoms with van der Waals surface area (Å²) in [7, 11) is 0. The zero-order valence-electron chi connectivity index (χ0n) is 8.71. The lowest BCUT2D eigenvalue weighted by molar-refractivity contribution is 0.0885. The number of hydrogen-bond donors (Lipinski definition) is 2. The van der Waals surface area contributed by atoms with Crippen LogP contribution in [0.25, 0.3) is 0 Å². The quantitative estimate of drug-likeness (QED) is 0.682. The van der Waals surface area contributed by atoms with Crippen molar-refractivity contribution in [1.29, 1.82) is 0 Å². The van der Waals surface area contributed by atoms with Gasteiger partial charge in [-0.3, -0.25) is 0 Å². The Bertz CT molecular complexity index is 191. The van der Waals surface area contributed by atoms with Crippen LogP contribution in [0.2, 0.25) is 0 Å². The molecule has 13 heavy (non-hydrogen) atoms. The summed E-state index contributed by atoms with van der Waals surface area (Å²) in [6.07, 6.45) is 5.81. The van der Waals surface area contributed by atoms with Gasteiger partial charge in [0.15, 0.2) is 0 Å². The average Bonchev–Trinajstić information content (AvgIpc) is 2.64. The topological polar surface area (TPSA) is 32.3 Å². The lowest BCUT2D eigenvalue weighted by atomic mass is 9.92. The van der Waals surface area contributed by atoms with Crippen LogP contribution in [0.15, 0.2) is 0 Å². The van der Waals surface area contributed by atoms with Crippen LogP contribution < -0.4 is 5.32 Å². The summed E-state index contributed by atoms with van der Waals surface area (Å²) < 4.78 is 0. The van der Waals surface area contributed by atoms with Crippen molar-refractivity contribution in [2.75, 3.05) is 0 Å². The Morgan fingerprint density at radius 3 is 2.38 bits per heavy atom. The Balaban J connectivity index is 1.81. The van der Waals surface area contributed by atoms with Gasteiger partial charge in [-0.05, 0) is 24.7 Å². The zero-order valence-corrected chi connectivity index (χ0v) is 8.71. The van der Waals surface area contributed by atoms with Gasteiger partial charge in [-0.1, -0.05) is 26.7 Å². The molecule has 0 aromatic rings. The van der Waals surface area contributed by atoms with E-state index in [1.165, 1.54) is 19.3 Å². The molecule has 2 fully saturated rings. The second-order valence-electron chi connectivity index (χ2n) is 5.37. The van der Waals surface area contributed by atoms with Gasteiger partial charge in [-0.2, -0.15) is 0 Å². The summed E-state index contributed by atoms with van der Waals surface area (Å²) in [5.41, 5.74) is 0.483. The van der Waals surface area contributed by atoms with E-state index in [0.717, 1.165) is 12.8 Å². The third-order valence-corrected chi connectivity index (χ3v) is 3.66. The van der Waals surface area contributed by atoms with Crippen molar-refractivity contribution >= 4 is 0 Å². The molecular formula is C11H21NO. The first-order valence-electron chi connectivity index (χ1n) is 5.54. The molecule has 2 nitrogen and oxygen atoms in total. The summed E-state index contributed by atoms with van der Waals surface area (Å²) in [5, 5.41) is 13.3. The summed E-state index contributed by atoms with van der Waals surface area (Å²) >= 11 is 0. The predicted octanol–water partition coefficient (Wildman–Crippen LogP) is 1.68. The SMILES string of the molecule is CC1(C)CC1N[C@H]1CCCC[C@@H]1O. The molecule has 0 aromatic carbocycles. The molecule has 0 saturated heterocycles. The summed E-state index contributed by atoms with van der Waals surface area (Å²) in [6, 6.07) is 1.03. The Kier molecular flexibility index (Phi) is 2.37. The Hall–Kier alpha value is -0.0800. The van der Waals surface area contributed by atoms with E-state index in [2.05, 4.69) is 19.2 Å². The highest BCUT2D eigenvalue weighted by Crippen LogP contribution is 2.45. The van der Waals surface area contributed by atoms with Crippen LogP contribution in [0.5, 0.6) is 0 Å². The first kappa shape index (κ1) is 9.47. The van der Waals surface area contributed by atoms with Crippen LogP contribution in [0.4, 0.5) is 0 Å². The molecule has 0 amide bonds. The molecule has 2 aliphatic rings. The van der Waals surface area contributed by atoms with E-state index in [-0.39, 0.29) is 6.10 Å². The minimum absolute atomic E-state index is 0.0925. The Labute approximate surface area is 80.7 Å². The molecule has 0 aliphatic heterocycles. The maximum Gasteiger partial charge on any atom is 0.0693 e. The molecule has 2 N–H and O–H groups in total. The average molecular weight is 183 g/mol. The van der Waals surface area contributed by atoms with E-state index >= 15 is 0 Å². The first-order chi connectivity index (χ1) is 6.09. The van der Waals surface area contributed by atoms with Gasteiger partial charge in [0.2, 0.25) is 0 Å². The normalized spacial score (nSPS) is 43.2. The highest BCUT2D eigenvalue weighted by atomic mass is 16.3. The minimum Gasteiger partial charge on any atom is -0.392 e. The van der Waals surface area contributed by atoms with E-state index in [9.17, 15) is 5.11 Å². The highest BCUT2D eigenvalue weighted by molar-refractivity contribution is 5.03.